The smallest absolute Gasteiger partial charge is 0.269 e. The Labute approximate surface area is 231 Å². The van der Waals surface area contributed by atoms with Gasteiger partial charge in [0.1, 0.15) is 12.6 Å². The normalized spacial score (nSPS) is 14.8. The quantitative estimate of drug-likeness (QED) is 0.0667. The first-order chi connectivity index (χ1) is 17.8. The molecule has 2 atom stereocenters. The van der Waals surface area contributed by atoms with E-state index in [2.05, 4.69) is 13.8 Å². The molecule has 0 rings (SSSR count). The maximum Gasteiger partial charge on any atom is 0.269 e. The highest BCUT2D eigenvalue weighted by Crippen LogP contribution is 2.45. The molecule has 9 nitrogen and oxygen atoms in total. The van der Waals surface area contributed by atoms with Gasteiger partial charge in [0, 0.05) is 12.8 Å². The van der Waals surface area contributed by atoms with Gasteiger partial charge in [-0.15, -0.1) is 0 Å². The fourth-order valence-corrected chi connectivity index (χ4v) is 5.52. The van der Waals surface area contributed by atoms with E-state index in [1.807, 2.05) is 0 Å². The van der Waals surface area contributed by atoms with E-state index in [-0.39, 0.29) is 23.9 Å². The predicted octanol–water partition coefficient (Wildman–Crippen LogP) is 4.71. The fourth-order valence-electron chi connectivity index (χ4n) is 4.47. The van der Waals surface area contributed by atoms with Crippen molar-refractivity contribution in [3.63, 3.8) is 0 Å². The summed E-state index contributed by atoms with van der Waals surface area (Å²) in [5.74, 6) is -1.09. The van der Waals surface area contributed by atoms with E-state index in [9.17, 15) is 24.2 Å². The molecule has 0 radical (unpaired) electrons. The fraction of sp³-hybridized carbons (Fsp3) is 0.929. The van der Waals surface area contributed by atoms with Crippen molar-refractivity contribution in [3.8, 4) is 0 Å². The summed E-state index contributed by atoms with van der Waals surface area (Å²) in [5, 5.41) is 18.5. The lowest BCUT2D eigenvalue weighted by Gasteiger charge is -2.40. The van der Waals surface area contributed by atoms with Gasteiger partial charge in [0.25, 0.3) is 7.82 Å². The van der Waals surface area contributed by atoms with Crippen molar-refractivity contribution >= 4 is 19.4 Å². The van der Waals surface area contributed by atoms with Crippen molar-refractivity contribution in [2.45, 2.75) is 128 Å². The van der Waals surface area contributed by atoms with Crippen LogP contribution in [-0.2, 0) is 23.2 Å². The number of phosphoric ester groups is 1. The Bertz CT molecular complexity index is 665. The number of ketones is 2. The third-order valence-corrected chi connectivity index (χ3v) is 7.52. The molecule has 0 aromatic rings. The summed E-state index contributed by atoms with van der Waals surface area (Å²) in [7, 11) is 0.148. The Morgan fingerprint density at radius 2 is 1.21 bits per heavy atom. The van der Waals surface area contributed by atoms with Gasteiger partial charge >= 0.3 is 0 Å². The number of carbonyl (C=O) groups excluding carboxylic acids is 2. The third kappa shape index (κ3) is 17.1. The van der Waals surface area contributed by atoms with Crippen LogP contribution in [0.15, 0.2) is 0 Å². The Morgan fingerprint density at radius 1 is 0.816 bits per heavy atom. The average molecular weight is 566 g/mol. The van der Waals surface area contributed by atoms with Crippen LogP contribution in [0.5, 0.6) is 0 Å². The molecule has 0 aliphatic rings. The lowest BCUT2D eigenvalue weighted by molar-refractivity contribution is -0.874. The second-order valence-corrected chi connectivity index (χ2v) is 12.9. The van der Waals surface area contributed by atoms with E-state index in [4.69, 9.17) is 14.2 Å². The van der Waals surface area contributed by atoms with Crippen molar-refractivity contribution in [1.29, 1.82) is 0 Å². The van der Waals surface area contributed by atoms with Crippen LogP contribution < -0.4 is 4.89 Å². The number of hydrogen-bond donors (Lipinski definition) is 2. The molecule has 226 valence electrons. The minimum atomic E-state index is -5.16. The molecule has 38 heavy (non-hydrogen) atoms. The highest BCUT2D eigenvalue weighted by molar-refractivity contribution is 7.46. The van der Waals surface area contributed by atoms with Gasteiger partial charge < -0.3 is 24.1 Å². The number of Topliss-reactive ketones (excluding diaryl/α,β-unsaturated/α-hetero) is 2. The summed E-state index contributed by atoms with van der Waals surface area (Å²) < 4.78 is 23.1. The zero-order chi connectivity index (χ0) is 29.1. The van der Waals surface area contributed by atoms with Gasteiger partial charge in [-0.2, -0.15) is 0 Å². The number of quaternary nitrogens is 1. The molecular weight excluding hydrogens is 509 g/mol. The van der Waals surface area contributed by atoms with E-state index in [0.29, 0.717) is 12.8 Å². The number of aliphatic hydroxyl groups is 2. The maximum atomic E-state index is 13.6. The summed E-state index contributed by atoms with van der Waals surface area (Å²) >= 11 is 0. The molecule has 2 N–H and O–H groups in total. The van der Waals surface area contributed by atoms with Gasteiger partial charge in [0.05, 0.1) is 34.4 Å². The molecular formula is C28H56NO8P. The van der Waals surface area contributed by atoms with Crippen LogP contribution >= 0.6 is 7.82 Å². The molecule has 0 aromatic carbocycles. The van der Waals surface area contributed by atoms with Gasteiger partial charge in [-0.25, -0.2) is 0 Å². The highest BCUT2D eigenvalue weighted by Gasteiger charge is 2.52. The Hall–Kier alpha value is -0.670. The van der Waals surface area contributed by atoms with E-state index < -0.39 is 44.3 Å². The second kappa shape index (κ2) is 20.2. The van der Waals surface area contributed by atoms with E-state index in [0.717, 1.165) is 64.2 Å². The minimum absolute atomic E-state index is 0.0375. The van der Waals surface area contributed by atoms with Gasteiger partial charge in [-0.05, 0) is 12.8 Å². The topological polar surface area (TPSA) is 133 Å². The van der Waals surface area contributed by atoms with Crippen molar-refractivity contribution in [3.05, 3.63) is 0 Å². The van der Waals surface area contributed by atoms with Crippen LogP contribution in [0, 0.1) is 0 Å². The van der Waals surface area contributed by atoms with Crippen LogP contribution in [0.25, 0.3) is 0 Å². The van der Waals surface area contributed by atoms with Gasteiger partial charge in [-0.3, -0.25) is 18.7 Å². The van der Waals surface area contributed by atoms with Crippen molar-refractivity contribution in [2.75, 3.05) is 40.9 Å². The zero-order valence-corrected chi connectivity index (χ0v) is 25.6. The van der Waals surface area contributed by atoms with Crippen molar-refractivity contribution in [1.82, 2.24) is 0 Å². The largest absolute Gasteiger partial charge is 0.756 e. The highest BCUT2D eigenvalue weighted by atomic mass is 31.2. The first-order valence-electron chi connectivity index (χ1n) is 14.7. The standard InChI is InChI=1S/C28H56NO8P/c1-6-8-10-12-14-16-18-20-26(32)28(24-29(3,4)5,37-38(34,35)36-23-25(31)22-30)27(33)21-19-17-15-13-11-9-7-2/h25,30-31H,6-24H2,1-5H3/t25-/m1/s1. The third-order valence-electron chi connectivity index (χ3n) is 6.52. The van der Waals surface area contributed by atoms with Crippen LogP contribution in [0.3, 0.4) is 0 Å². The van der Waals surface area contributed by atoms with Crippen molar-refractivity contribution in [2.24, 2.45) is 0 Å². The number of aliphatic hydroxyl groups excluding tert-OH is 2. The Morgan fingerprint density at radius 3 is 1.58 bits per heavy atom. The summed E-state index contributed by atoms with van der Waals surface area (Å²) in [4.78, 5) is 40.1. The molecule has 0 bridgehead atoms. The lowest BCUT2D eigenvalue weighted by atomic mass is 9.86. The van der Waals surface area contributed by atoms with Gasteiger partial charge in [-0.1, -0.05) is 90.9 Å². The monoisotopic (exact) mass is 565 g/mol. The lowest BCUT2D eigenvalue weighted by Crippen LogP contribution is -2.60. The molecule has 0 aromatic heterocycles. The summed E-state index contributed by atoms with van der Waals surface area (Å²) in [6.07, 6.45) is 12.4. The Balaban J connectivity index is 5.66. The number of hydrogen-bond acceptors (Lipinski definition) is 8. The van der Waals surface area contributed by atoms with E-state index in [1.165, 1.54) is 12.8 Å². The maximum absolute atomic E-state index is 13.6. The molecule has 1 unspecified atom stereocenters. The Kier molecular flexibility index (Phi) is 19.9. The summed E-state index contributed by atoms with van der Waals surface area (Å²) in [6.45, 7) is 2.72. The molecule has 0 fully saturated rings. The number of carbonyl (C=O) groups is 2. The van der Waals surface area contributed by atoms with Crippen LogP contribution in [0.4, 0.5) is 0 Å². The minimum Gasteiger partial charge on any atom is -0.756 e. The zero-order valence-electron chi connectivity index (χ0n) is 24.8. The number of rotatable bonds is 26. The van der Waals surface area contributed by atoms with Crippen molar-refractivity contribution < 1.29 is 42.8 Å². The number of phosphoric acid groups is 1. The average Bonchev–Trinajstić information content (AvgIpc) is 2.84. The SMILES string of the molecule is CCCCCCCCCC(=O)C(C[N+](C)(C)C)(OP(=O)([O-])OC[C@H](O)CO)C(=O)CCCCCCCCC. The molecule has 10 heteroatoms. The van der Waals surface area contributed by atoms with Crippen LogP contribution in [0.2, 0.25) is 0 Å². The molecule has 0 saturated heterocycles. The molecule has 0 heterocycles. The summed E-state index contributed by atoms with van der Waals surface area (Å²) in [6, 6.07) is 0. The number of likely N-dealkylation sites (N-methyl/N-ethyl adjacent to an activating group) is 1. The molecule has 0 spiro atoms. The number of nitrogens with zero attached hydrogens (tertiary/aromatic N) is 1. The summed E-state index contributed by atoms with van der Waals surface area (Å²) in [5.41, 5.74) is -2.19. The first-order valence-corrected chi connectivity index (χ1v) is 16.1. The van der Waals surface area contributed by atoms with Crippen LogP contribution in [0.1, 0.15) is 117 Å². The van der Waals surface area contributed by atoms with Crippen LogP contribution in [-0.4, -0.2) is 78.9 Å². The molecule has 0 saturated carbocycles. The molecule has 0 aliphatic carbocycles. The second-order valence-electron chi connectivity index (χ2n) is 11.5. The van der Waals surface area contributed by atoms with Gasteiger partial charge in [0.15, 0.2) is 11.6 Å². The van der Waals surface area contributed by atoms with Gasteiger partial charge in [0.2, 0.25) is 5.60 Å². The molecule has 0 aliphatic heterocycles. The predicted molar refractivity (Wildman–Crippen MR) is 149 cm³/mol. The van der Waals surface area contributed by atoms with E-state index in [1.54, 1.807) is 21.1 Å². The first kappa shape index (κ1) is 37.3. The van der Waals surface area contributed by atoms with E-state index >= 15 is 0 Å². The molecule has 0 amide bonds. The number of unbranched alkanes of at least 4 members (excludes halogenated alkanes) is 12.